The summed E-state index contributed by atoms with van der Waals surface area (Å²) in [6, 6.07) is 0. The quantitative estimate of drug-likeness (QED) is 0.651. The number of nitrogens with one attached hydrogen (secondary N) is 1. The summed E-state index contributed by atoms with van der Waals surface area (Å²) in [6.07, 6.45) is 1.65. The third kappa shape index (κ3) is 2.97. The molecule has 0 saturated heterocycles. The zero-order valence-corrected chi connectivity index (χ0v) is 13.0. The molecule has 0 saturated carbocycles. The van der Waals surface area contributed by atoms with E-state index in [1.54, 1.807) is 38.7 Å². The Morgan fingerprint density at radius 1 is 1.32 bits per heavy atom. The van der Waals surface area contributed by atoms with Crippen molar-refractivity contribution in [3.63, 3.8) is 0 Å². The van der Waals surface area contributed by atoms with Crippen molar-refractivity contribution in [1.29, 1.82) is 0 Å². The molecule has 0 radical (unpaired) electrons. The number of hydrogen-bond donors (Lipinski definition) is 1. The van der Waals surface area contributed by atoms with Crippen molar-refractivity contribution in [2.45, 2.75) is 27.3 Å². The van der Waals surface area contributed by atoms with Crippen LogP contribution < -0.4 is 5.32 Å². The van der Waals surface area contributed by atoms with Gasteiger partial charge >= 0.3 is 5.69 Å². The fraction of sp³-hybridized carbons (Fsp3) is 0.462. The van der Waals surface area contributed by atoms with E-state index < -0.39 is 4.92 Å². The third-order valence-corrected chi connectivity index (χ3v) is 3.39. The van der Waals surface area contributed by atoms with Crippen LogP contribution >= 0.6 is 0 Å². The van der Waals surface area contributed by atoms with Crippen LogP contribution in [0.3, 0.4) is 0 Å². The van der Waals surface area contributed by atoms with Gasteiger partial charge in [-0.05, 0) is 20.8 Å². The van der Waals surface area contributed by atoms with Crippen molar-refractivity contribution in [2.75, 3.05) is 6.54 Å². The molecule has 2 heterocycles. The molecular weight excluding hydrogens is 288 g/mol. The number of rotatable bonds is 5. The van der Waals surface area contributed by atoms with Crippen molar-refractivity contribution < 1.29 is 9.72 Å². The highest BCUT2D eigenvalue weighted by Gasteiger charge is 2.21. The molecule has 0 aliphatic rings. The van der Waals surface area contributed by atoms with Gasteiger partial charge in [0.05, 0.1) is 22.7 Å². The van der Waals surface area contributed by atoms with Crippen molar-refractivity contribution in [3.05, 3.63) is 39.0 Å². The van der Waals surface area contributed by atoms with Crippen LogP contribution in [0, 0.1) is 30.9 Å². The molecular formula is C13H18N6O3. The second-order valence-corrected chi connectivity index (χ2v) is 5.06. The van der Waals surface area contributed by atoms with Gasteiger partial charge in [-0.25, -0.2) is 0 Å². The van der Waals surface area contributed by atoms with Crippen LogP contribution in [0.4, 0.5) is 5.69 Å². The second-order valence-electron chi connectivity index (χ2n) is 5.06. The molecule has 2 aromatic heterocycles. The molecule has 118 valence electrons. The van der Waals surface area contributed by atoms with Crippen LogP contribution in [0.25, 0.3) is 0 Å². The lowest BCUT2D eigenvalue weighted by Crippen LogP contribution is -2.28. The number of aryl methyl sites for hydroxylation is 3. The minimum absolute atomic E-state index is 0.0226. The molecule has 2 aromatic rings. The largest absolute Gasteiger partial charge is 0.350 e. The van der Waals surface area contributed by atoms with E-state index in [-0.39, 0.29) is 11.6 Å². The zero-order chi connectivity index (χ0) is 16.4. The molecule has 0 spiro atoms. The maximum absolute atomic E-state index is 12.0. The lowest BCUT2D eigenvalue weighted by molar-refractivity contribution is -0.386. The highest BCUT2D eigenvalue weighted by atomic mass is 16.6. The number of hydrogen-bond acceptors (Lipinski definition) is 5. The average molecular weight is 306 g/mol. The number of nitro groups is 1. The van der Waals surface area contributed by atoms with Gasteiger partial charge in [0.1, 0.15) is 11.4 Å². The minimum Gasteiger partial charge on any atom is -0.350 e. The van der Waals surface area contributed by atoms with Crippen molar-refractivity contribution in [3.8, 4) is 0 Å². The third-order valence-electron chi connectivity index (χ3n) is 3.39. The summed E-state index contributed by atoms with van der Waals surface area (Å²) in [5.41, 5.74) is 2.05. The molecule has 9 nitrogen and oxygen atoms in total. The Balaban J connectivity index is 2.00. The SMILES string of the molecule is Cc1nn(C)cc1C(=O)NCCn1nc(C)c([N+](=O)[O-])c1C. The van der Waals surface area contributed by atoms with Gasteiger partial charge in [0.25, 0.3) is 5.91 Å². The first kappa shape index (κ1) is 15.7. The van der Waals surface area contributed by atoms with E-state index in [0.717, 1.165) is 0 Å². The predicted octanol–water partition coefficient (Wildman–Crippen LogP) is 0.880. The summed E-state index contributed by atoms with van der Waals surface area (Å²) in [4.78, 5) is 22.5. The number of amides is 1. The molecule has 1 amide bonds. The molecule has 22 heavy (non-hydrogen) atoms. The number of nitrogens with zero attached hydrogens (tertiary/aromatic N) is 5. The Morgan fingerprint density at radius 2 is 2.00 bits per heavy atom. The molecule has 2 rings (SSSR count). The van der Waals surface area contributed by atoms with E-state index in [1.807, 2.05) is 0 Å². The van der Waals surface area contributed by atoms with Crippen LogP contribution in [0.15, 0.2) is 6.20 Å². The summed E-state index contributed by atoms with van der Waals surface area (Å²) in [6.45, 7) is 5.70. The fourth-order valence-electron chi connectivity index (χ4n) is 2.36. The van der Waals surface area contributed by atoms with Crippen LogP contribution in [0.2, 0.25) is 0 Å². The summed E-state index contributed by atoms with van der Waals surface area (Å²) in [5.74, 6) is -0.221. The monoisotopic (exact) mass is 306 g/mol. The van der Waals surface area contributed by atoms with E-state index in [2.05, 4.69) is 15.5 Å². The summed E-state index contributed by atoms with van der Waals surface area (Å²) >= 11 is 0. The van der Waals surface area contributed by atoms with E-state index in [4.69, 9.17) is 0 Å². The highest BCUT2D eigenvalue weighted by Crippen LogP contribution is 2.21. The van der Waals surface area contributed by atoms with E-state index in [1.165, 1.54) is 4.68 Å². The minimum atomic E-state index is -0.439. The smallest absolute Gasteiger partial charge is 0.312 e. The average Bonchev–Trinajstić information content (AvgIpc) is 2.89. The second kappa shape index (κ2) is 5.96. The van der Waals surface area contributed by atoms with Gasteiger partial charge in [-0.1, -0.05) is 0 Å². The van der Waals surface area contributed by atoms with Gasteiger partial charge in [0.2, 0.25) is 0 Å². The summed E-state index contributed by atoms with van der Waals surface area (Å²) in [7, 11) is 1.75. The van der Waals surface area contributed by atoms with Gasteiger partial charge in [-0.15, -0.1) is 0 Å². The maximum Gasteiger partial charge on any atom is 0.312 e. The molecule has 0 aromatic carbocycles. The predicted molar refractivity (Wildman–Crippen MR) is 78.6 cm³/mol. The van der Waals surface area contributed by atoms with Gasteiger partial charge in [0, 0.05) is 19.8 Å². The van der Waals surface area contributed by atoms with Crippen LogP contribution in [-0.4, -0.2) is 36.9 Å². The Labute approximate surface area is 127 Å². The Bertz CT molecular complexity index is 730. The van der Waals surface area contributed by atoms with Crippen LogP contribution in [0.5, 0.6) is 0 Å². The topological polar surface area (TPSA) is 108 Å². The van der Waals surface area contributed by atoms with Crippen molar-refractivity contribution in [1.82, 2.24) is 24.9 Å². The Kier molecular flexibility index (Phi) is 4.25. The first-order valence-corrected chi connectivity index (χ1v) is 6.78. The van der Waals surface area contributed by atoms with E-state index in [9.17, 15) is 14.9 Å². The lowest BCUT2D eigenvalue weighted by atomic mass is 10.2. The van der Waals surface area contributed by atoms with Gasteiger partial charge in [-0.3, -0.25) is 24.3 Å². The highest BCUT2D eigenvalue weighted by molar-refractivity contribution is 5.94. The Morgan fingerprint density at radius 3 is 2.50 bits per heavy atom. The van der Waals surface area contributed by atoms with Crippen molar-refractivity contribution >= 4 is 11.6 Å². The zero-order valence-electron chi connectivity index (χ0n) is 13.0. The normalized spacial score (nSPS) is 10.7. The first-order chi connectivity index (χ1) is 10.3. The van der Waals surface area contributed by atoms with Crippen LogP contribution in [-0.2, 0) is 13.6 Å². The van der Waals surface area contributed by atoms with E-state index in [0.29, 0.717) is 35.7 Å². The number of carbonyl (C=O) groups excluding carboxylic acids is 1. The molecule has 0 fully saturated rings. The molecule has 0 aliphatic heterocycles. The molecule has 9 heteroatoms. The van der Waals surface area contributed by atoms with Gasteiger partial charge in [-0.2, -0.15) is 10.2 Å². The van der Waals surface area contributed by atoms with Crippen LogP contribution in [0.1, 0.15) is 27.4 Å². The molecule has 1 N–H and O–H groups in total. The number of carbonyl (C=O) groups is 1. The molecule has 0 aliphatic carbocycles. The van der Waals surface area contributed by atoms with Crippen molar-refractivity contribution in [2.24, 2.45) is 7.05 Å². The summed E-state index contributed by atoms with van der Waals surface area (Å²) < 4.78 is 3.11. The molecule has 0 atom stereocenters. The number of aromatic nitrogens is 4. The first-order valence-electron chi connectivity index (χ1n) is 6.78. The Hall–Kier alpha value is -2.71. The van der Waals surface area contributed by atoms with E-state index >= 15 is 0 Å². The standard InChI is InChI=1S/C13H18N6O3/c1-8-11(7-17(4)15-8)13(20)14-5-6-18-10(3)12(19(21)22)9(2)16-18/h7H,5-6H2,1-4H3,(H,14,20). The maximum atomic E-state index is 12.0. The fourth-order valence-corrected chi connectivity index (χ4v) is 2.36. The van der Waals surface area contributed by atoms with Gasteiger partial charge in [0.15, 0.2) is 0 Å². The lowest BCUT2D eigenvalue weighted by Gasteiger charge is -2.06. The molecule has 0 bridgehead atoms. The molecule has 0 unspecified atom stereocenters. The van der Waals surface area contributed by atoms with Gasteiger partial charge < -0.3 is 5.32 Å². The summed E-state index contributed by atoms with van der Waals surface area (Å²) in [5, 5.41) is 21.9.